The highest BCUT2D eigenvalue weighted by molar-refractivity contribution is 5.92. The summed E-state index contributed by atoms with van der Waals surface area (Å²) in [7, 11) is 0. The maximum Gasteiger partial charge on any atom is 0.248 e. The molecule has 0 unspecified atom stereocenters. The zero-order chi connectivity index (χ0) is 14.1. The van der Waals surface area contributed by atoms with Crippen molar-refractivity contribution in [2.45, 2.75) is 26.8 Å². The van der Waals surface area contributed by atoms with Gasteiger partial charge in [0.25, 0.3) is 0 Å². The van der Waals surface area contributed by atoms with Gasteiger partial charge >= 0.3 is 0 Å². The first-order valence-corrected chi connectivity index (χ1v) is 6.99. The molecule has 4 nitrogen and oxygen atoms in total. The van der Waals surface area contributed by atoms with Gasteiger partial charge in [0.2, 0.25) is 5.91 Å². The van der Waals surface area contributed by atoms with Gasteiger partial charge in [-0.25, -0.2) is 0 Å². The minimum absolute atomic E-state index is 0.377. The molecule has 1 amide bonds. The fourth-order valence-electron chi connectivity index (χ4n) is 2.00. The van der Waals surface area contributed by atoms with Gasteiger partial charge in [0.15, 0.2) is 0 Å². The van der Waals surface area contributed by atoms with Gasteiger partial charge in [-0.15, -0.1) is 0 Å². The fraction of sp³-hybridized carbons (Fsp3) is 0.533. The van der Waals surface area contributed by atoms with Crippen LogP contribution in [0.3, 0.4) is 0 Å². The number of likely N-dealkylation sites (N-methyl/N-ethyl adjacent to an activating group) is 1. The highest BCUT2D eigenvalue weighted by Gasteiger charge is 2.01. The third-order valence-corrected chi connectivity index (χ3v) is 3.16. The van der Waals surface area contributed by atoms with Crippen molar-refractivity contribution in [3.63, 3.8) is 0 Å². The van der Waals surface area contributed by atoms with Crippen LogP contribution in [0.25, 0.3) is 0 Å². The maximum atomic E-state index is 10.9. The van der Waals surface area contributed by atoms with E-state index in [1.807, 2.05) is 12.1 Å². The number of rotatable bonds is 9. The molecule has 1 aromatic carbocycles. The Labute approximate surface area is 116 Å². The number of carbonyl (C=O) groups excluding carboxylic acids is 1. The van der Waals surface area contributed by atoms with Crippen LogP contribution < -0.4 is 11.1 Å². The lowest BCUT2D eigenvalue weighted by atomic mass is 10.1. The second-order valence-electron chi connectivity index (χ2n) is 4.67. The molecule has 0 heterocycles. The van der Waals surface area contributed by atoms with E-state index < -0.39 is 0 Å². The molecule has 19 heavy (non-hydrogen) atoms. The largest absolute Gasteiger partial charge is 0.366 e. The first kappa shape index (κ1) is 15.7. The lowest BCUT2D eigenvalue weighted by Crippen LogP contribution is -2.32. The molecule has 0 fully saturated rings. The number of primary amides is 1. The highest BCUT2D eigenvalue weighted by atomic mass is 16.1. The van der Waals surface area contributed by atoms with Gasteiger partial charge in [0.1, 0.15) is 0 Å². The first-order chi connectivity index (χ1) is 9.17. The number of nitrogens with one attached hydrogen (secondary N) is 1. The van der Waals surface area contributed by atoms with Gasteiger partial charge in [-0.2, -0.15) is 0 Å². The van der Waals surface area contributed by atoms with E-state index in [1.54, 1.807) is 12.1 Å². The third kappa shape index (κ3) is 5.85. The Kier molecular flexibility index (Phi) is 7.15. The Morgan fingerprint density at radius 3 is 2.42 bits per heavy atom. The number of amides is 1. The van der Waals surface area contributed by atoms with Crippen LogP contribution in [-0.4, -0.2) is 37.0 Å². The SMILES string of the molecule is CCCN(CC)CCNCc1ccc(C(N)=O)cc1. The Morgan fingerprint density at radius 2 is 1.89 bits per heavy atom. The van der Waals surface area contributed by atoms with E-state index in [1.165, 1.54) is 12.0 Å². The van der Waals surface area contributed by atoms with Crippen molar-refractivity contribution < 1.29 is 4.79 Å². The second-order valence-corrected chi connectivity index (χ2v) is 4.67. The Balaban J connectivity index is 2.27. The molecule has 0 atom stereocenters. The van der Waals surface area contributed by atoms with Gasteiger partial charge in [-0.05, 0) is 37.2 Å². The first-order valence-electron chi connectivity index (χ1n) is 6.99. The summed E-state index contributed by atoms with van der Waals surface area (Å²) in [6.07, 6.45) is 1.20. The van der Waals surface area contributed by atoms with Crippen molar-refractivity contribution in [3.8, 4) is 0 Å². The van der Waals surface area contributed by atoms with E-state index in [0.29, 0.717) is 5.56 Å². The number of hydrogen-bond acceptors (Lipinski definition) is 3. The summed E-state index contributed by atoms with van der Waals surface area (Å²) < 4.78 is 0. The van der Waals surface area contributed by atoms with Gasteiger partial charge in [0.05, 0.1) is 0 Å². The van der Waals surface area contributed by atoms with Gasteiger partial charge in [-0.3, -0.25) is 4.79 Å². The van der Waals surface area contributed by atoms with E-state index in [2.05, 4.69) is 24.1 Å². The minimum Gasteiger partial charge on any atom is -0.366 e. The van der Waals surface area contributed by atoms with Crippen molar-refractivity contribution in [1.82, 2.24) is 10.2 Å². The molecule has 0 aliphatic carbocycles. The van der Waals surface area contributed by atoms with Crippen molar-refractivity contribution >= 4 is 5.91 Å². The molecule has 0 aliphatic heterocycles. The molecule has 1 rings (SSSR count). The van der Waals surface area contributed by atoms with E-state index in [0.717, 1.165) is 32.7 Å². The predicted octanol–water partition coefficient (Wildman–Crippen LogP) is 1.61. The van der Waals surface area contributed by atoms with Crippen molar-refractivity contribution in [3.05, 3.63) is 35.4 Å². The summed E-state index contributed by atoms with van der Waals surface area (Å²) in [5.41, 5.74) is 6.93. The van der Waals surface area contributed by atoms with Crippen LogP contribution >= 0.6 is 0 Å². The molecule has 0 aromatic heterocycles. The zero-order valence-corrected chi connectivity index (χ0v) is 12.0. The fourth-order valence-corrected chi connectivity index (χ4v) is 2.00. The minimum atomic E-state index is -0.377. The van der Waals surface area contributed by atoms with Crippen molar-refractivity contribution in [2.24, 2.45) is 5.73 Å². The number of carbonyl (C=O) groups is 1. The molecule has 3 N–H and O–H groups in total. The lowest BCUT2D eigenvalue weighted by molar-refractivity contribution is 0.100. The summed E-state index contributed by atoms with van der Waals surface area (Å²) in [4.78, 5) is 13.4. The lowest BCUT2D eigenvalue weighted by Gasteiger charge is -2.19. The molecule has 0 spiro atoms. The summed E-state index contributed by atoms with van der Waals surface area (Å²) in [5, 5.41) is 3.42. The molecule has 106 valence electrons. The van der Waals surface area contributed by atoms with Gasteiger partial charge in [-0.1, -0.05) is 26.0 Å². The van der Waals surface area contributed by atoms with Gasteiger partial charge in [0, 0.05) is 25.2 Å². The Hall–Kier alpha value is -1.39. The maximum absolute atomic E-state index is 10.9. The standard InChI is InChI=1S/C15H25N3O/c1-3-10-18(4-2)11-9-17-12-13-5-7-14(8-6-13)15(16)19/h5-8,17H,3-4,9-12H2,1-2H3,(H2,16,19). The molecule has 0 saturated carbocycles. The molecule has 0 saturated heterocycles. The smallest absolute Gasteiger partial charge is 0.248 e. The van der Waals surface area contributed by atoms with Crippen molar-refractivity contribution in [1.29, 1.82) is 0 Å². The topological polar surface area (TPSA) is 58.4 Å². The van der Waals surface area contributed by atoms with Crippen LogP contribution in [0.15, 0.2) is 24.3 Å². The quantitative estimate of drug-likeness (QED) is 0.665. The molecule has 0 aliphatic rings. The van der Waals surface area contributed by atoms with E-state index in [-0.39, 0.29) is 5.91 Å². The highest BCUT2D eigenvalue weighted by Crippen LogP contribution is 2.03. The molecule has 4 heteroatoms. The predicted molar refractivity (Wildman–Crippen MR) is 79.1 cm³/mol. The number of nitrogens with two attached hydrogens (primary N) is 1. The Morgan fingerprint density at radius 1 is 1.21 bits per heavy atom. The second kappa shape index (κ2) is 8.67. The number of benzene rings is 1. The van der Waals surface area contributed by atoms with Crippen LogP contribution in [0.5, 0.6) is 0 Å². The molecule has 1 aromatic rings. The van der Waals surface area contributed by atoms with Crippen LogP contribution in [0.4, 0.5) is 0 Å². The normalized spacial score (nSPS) is 10.9. The van der Waals surface area contributed by atoms with Gasteiger partial charge < -0.3 is 16.0 Å². The van der Waals surface area contributed by atoms with Crippen LogP contribution in [0.2, 0.25) is 0 Å². The molecule has 0 bridgehead atoms. The summed E-state index contributed by atoms with van der Waals surface area (Å²) in [6, 6.07) is 7.43. The van der Waals surface area contributed by atoms with E-state index >= 15 is 0 Å². The molecular formula is C15H25N3O. The number of hydrogen-bond donors (Lipinski definition) is 2. The molecular weight excluding hydrogens is 238 g/mol. The van der Waals surface area contributed by atoms with E-state index in [4.69, 9.17) is 5.73 Å². The van der Waals surface area contributed by atoms with Crippen molar-refractivity contribution in [2.75, 3.05) is 26.2 Å². The van der Waals surface area contributed by atoms with E-state index in [9.17, 15) is 4.79 Å². The summed E-state index contributed by atoms with van der Waals surface area (Å²) in [6.45, 7) is 9.53. The van der Waals surface area contributed by atoms with Crippen LogP contribution in [0, 0.1) is 0 Å². The average molecular weight is 263 g/mol. The third-order valence-electron chi connectivity index (χ3n) is 3.16. The Bertz CT molecular complexity index is 375. The monoisotopic (exact) mass is 263 g/mol. The summed E-state index contributed by atoms with van der Waals surface area (Å²) >= 11 is 0. The van der Waals surface area contributed by atoms with Crippen LogP contribution in [0.1, 0.15) is 36.2 Å². The van der Waals surface area contributed by atoms with Crippen LogP contribution in [-0.2, 0) is 6.54 Å². The number of nitrogens with zero attached hydrogens (tertiary/aromatic N) is 1. The molecule has 0 radical (unpaired) electrons. The summed E-state index contributed by atoms with van der Waals surface area (Å²) in [5.74, 6) is -0.377. The zero-order valence-electron chi connectivity index (χ0n) is 12.0. The average Bonchev–Trinajstić information content (AvgIpc) is 2.42.